The van der Waals surface area contributed by atoms with Crippen LogP contribution < -0.4 is 9.47 Å². The van der Waals surface area contributed by atoms with Crippen LogP contribution in [0.1, 0.15) is 130 Å². The van der Waals surface area contributed by atoms with Crippen LogP contribution in [0.15, 0.2) is 46.1 Å². The Balaban J connectivity index is 2.15. The molecule has 240 valence electrons. The Hall–Kier alpha value is -2.52. The van der Waals surface area contributed by atoms with Crippen LogP contribution in [0.4, 0.5) is 0 Å². The molecule has 0 amide bonds. The van der Waals surface area contributed by atoms with E-state index in [0.717, 1.165) is 11.5 Å². The van der Waals surface area contributed by atoms with E-state index in [1.54, 1.807) is 11.1 Å². The summed E-state index contributed by atoms with van der Waals surface area (Å²) in [5.74, 6) is 2.01. The van der Waals surface area contributed by atoms with Gasteiger partial charge in [-0.1, -0.05) is 104 Å². The van der Waals surface area contributed by atoms with Crippen LogP contribution in [0.25, 0.3) is 17.2 Å². The van der Waals surface area contributed by atoms with E-state index >= 15 is 0 Å². The number of hydrogen-bond acceptors (Lipinski definition) is 2. The standard InChI is InChI=1S/C41H60O2Si/c1-23-19-29-30(37(23)44(17,18)38-26(4)24(2)25(3)27(38)5)22-33(41(12,13)14)36(43-16)34(29)28-20-31(39(6,7)8)35(42-15)32(21-28)40(9,10)11/h19-22,37-38H,1-18H3. The first kappa shape index (κ1) is 34.4. The van der Waals surface area contributed by atoms with Gasteiger partial charge in [0.15, 0.2) is 0 Å². The number of rotatable bonds is 5. The molecule has 2 aromatic carbocycles. The summed E-state index contributed by atoms with van der Waals surface area (Å²) in [7, 11) is 1.74. The maximum absolute atomic E-state index is 6.44. The van der Waals surface area contributed by atoms with E-state index in [1.807, 2.05) is 14.2 Å². The minimum Gasteiger partial charge on any atom is -0.496 e. The molecule has 3 heteroatoms. The van der Waals surface area contributed by atoms with Crippen molar-refractivity contribution in [3.05, 3.63) is 73.9 Å². The second kappa shape index (κ2) is 11.1. The zero-order chi connectivity index (χ0) is 33.5. The molecule has 0 spiro atoms. The number of allylic oxidation sites excluding steroid dienone is 5. The molecule has 1 unspecified atom stereocenters. The van der Waals surface area contributed by atoms with E-state index < -0.39 is 8.07 Å². The van der Waals surface area contributed by atoms with Gasteiger partial charge in [-0.3, -0.25) is 0 Å². The van der Waals surface area contributed by atoms with Gasteiger partial charge in [-0.15, -0.1) is 0 Å². The molecule has 0 bridgehead atoms. The quantitative estimate of drug-likeness (QED) is 0.313. The van der Waals surface area contributed by atoms with Gasteiger partial charge in [-0.05, 0) is 96.4 Å². The van der Waals surface area contributed by atoms with Crippen molar-refractivity contribution in [1.82, 2.24) is 0 Å². The number of hydrogen-bond donors (Lipinski definition) is 0. The van der Waals surface area contributed by atoms with Crippen molar-refractivity contribution in [3.63, 3.8) is 0 Å². The molecule has 0 radical (unpaired) electrons. The van der Waals surface area contributed by atoms with E-state index in [4.69, 9.17) is 9.47 Å². The van der Waals surface area contributed by atoms with Crippen LogP contribution in [0.2, 0.25) is 18.6 Å². The number of benzene rings is 2. The molecule has 44 heavy (non-hydrogen) atoms. The Kier molecular flexibility index (Phi) is 8.64. The van der Waals surface area contributed by atoms with Gasteiger partial charge >= 0.3 is 0 Å². The Morgan fingerprint density at radius 1 is 0.591 bits per heavy atom. The van der Waals surface area contributed by atoms with Crippen LogP contribution in [-0.4, -0.2) is 22.3 Å². The third-order valence-electron chi connectivity index (χ3n) is 10.8. The Bertz CT molecular complexity index is 1530. The molecule has 2 aliphatic carbocycles. The molecule has 0 N–H and O–H groups in total. The molecule has 0 saturated heterocycles. The van der Waals surface area contributed by atoms with Crippen molar-refractivity contribution in [2.24, 2.45) is 0 Å². The van der Waals surface area contributed by atoms with Crippen molar-refractivity contribution in [1.29, 1.82) is 0 Å². The predicted molar refractivity (Wildman–Crippen MR) is 195 cm³/mol. The summed E-state index contributed by atoms with van der Waals surface area (Å²) in [6, 6.07) is 7.30. The van der Waals surface area contributed by atoms with Crippen LogP contribution in [0.5, 0.6) is 11.5 Å². The fourth-order valence-corrected chi connectivity index (χ4v) is 13.7. The lowest BCUT2D eigenvalue weighted by Crippen LogP contribution is -2.41. The Morgan fingerprint density at radius 3 is 1.39 bits per heavy atom. The topological polar surface area (TPSA) is 18.5 Å². The van der Waals surface area contributed by atoms with E-state index in [9.17, 15) is 0 Å². The minimum absolute atomic E-state index is 0.0831. The highest BCUT2D eigenvalue weighted by Gasteiger charge is 2.48. The van der Waals surface area contributed by atoms with Crippen molar-refractivity contribution >= 4 is 14.1 Å². The maximum atomic E-state index is 6.44. The van der Waals surface area contributed by atoms with Crippen molar-refractivity contribution in [2.75, 3.05) is 14.2 Å². The second-order valence-corrected chi connectivity index (χ2v) is 22.2. The molecule has 0 aliphatic heterocycles. The molecule has 1 atom stereocenters. The first-order valence-electron chi connectivity index (χ1n) is 16.5. The fourth-order valence-electron chi connectivity index (χ4n) is 8.43. The lowest BCUT2D eigenvalue weighted by molar-refractivity contribution is 0.381. The van der Waals surface area contributed by atoms with Gasteiger partial charge in [0.05, 0.1) is 22.3 Å². The Morgan fingerprint density at radius 2 is 1.00 bits per heavy atom. The molecular formula is C41H60O2Si. The van der Waals surface area contributed by atoms with Gasteiger partial charge < -0.3 is 9.47 Å². The molecule has 0 saturated carbocycles. The van der Waals surface area contributed by atoms with Gasteiger partial charge in [-0.2, -0.15) is 0 Å². The van der Waals surface area contributed by atoms with E-state index in [0.29, 0.717) is 11.1 Å². The molecule has 2 nitrogen and oxygen atoms in total. The van der Waals surface area contributed by atoms with Gasteiger partial charge in [0.1, 0.15) is 11.5 Å². The highest BCUT2D eigenvalue weighted by Crippen LogP contribution is 2.58. The van der Waals surface area contributed by atoms with Crippen molar-refractivity contribution < 1.29 is 9.47 Å². The largest absolute Gasteiger partial charge is 0.496 e. The summed E-state index contributed by atoms with van der Waals surface area (Å²) >= 11 is 0. The smallest absolute Gasteiger partial charge is 0.131 e. The van der Waals surface area contributed by atoms with Gasteiger partial charge in [-0.25, -0.2) is 0 Å². The van der Waals surface area contributed by atoms with E-state index in [1.165, 1.54) is 55.7 Å². The normalized spacial score (nSPS) is 18.3. The summed E-state index contributed by atoms with van der Waals surface area (Å²) in [4.78, 5) is 0. The lowest BCUT2D eigenvalue weighted by Gasteiger charge is -2.40. The number of fused-ring (bicyclic) bond motifs is 1. The van der Waals surface area contributed by atoms with Crippen molar-refractivity contribution in [2.45, 2.75) is 137 Å². The SMILES string of the molecule is COc1c(C(C)(C)C)cc(-c2c3c(cc(C(C)(C)C)c2OC)C([Si](C)(C)C2C(C)=C(C)C(C)=C2C)C(C)=C3)cc1C(C)(C)C. The maximum Gasteiger partial charge on any atom is 0.131 e. The highest BCUT2D eigenvalue weighted by atomic mass is 28.3. The van der Waals surface area contributed by atoms with Crippen LogP contribution in [0.3, 0.4) is 0 Å². The van der Waals surface area contributed by atoms with Crippen LogP contribution >= 0.6 is 0 Å². The zero-order valence-electron chi connectivity index (χ0n) is 31.3. The monoisotopic (exact) mass is 612 g/mol. The molecule has 0 fully saturated rings. The summed E-state index contributed by atoms with van der Waals surface area (Å²) in [5.41, 5.74) is 17.4. The van der Waals surface area contributed by atoms with Gasteiger partial charge in [0.2, 0.25) is 0 Å². The summed E-state index contributed by atoms with van der Waals surface area (Å²) < 4.78 is 12.6. The molecule has 4 rings (SSSR count). The number of methoxy groups -OCH3 is 2. The molecule has 0 heterocycles. The first-order valence-corrected chi connectivity index (χ1v) is 19.7. The molecule has 0 aromatic heterocycles. The van der Waals surface area contributed by atoms with Gasteiger partial charge in [0, 0.05) is 27.8 Å². The lowest BCUT2D eigenvalue weighted by atomic mass is 9.76. The second-order valence-electron chi connectivity index (χ2n) is 17.4. The fraction of sp³-hybridized carbons (Fsp3) is 0.561. The highest BCUT2D eigenvalue weighted by molar-refractivity contribution is 6.82. The Labute approximate surface area is 271 Å². The molecule has 2 aliphatic rings. The third-order valence-corrected chi connectivity index (χ3v) is 15.4. The minimum atomic E-state index is -1.94. The van der Waals surface area contributed by atoms with Crippen LogP contribution in [-0.2, 0) is 16.2 Å². The average molecular weight is 613 g/mol. The molecule has 2 aromatic rings. The summed E-state index contributed by atoms with van der Waals surface area (Å²) in [6.45, 7) is 37.8. The predicted octanol–water partition coefficient (Wildman–Crippen LogP) is 12.1. The van der Waals surface area contributed by atoms with Crippen molar-refractivity contribution in [3.8, 4) is 22.6 Å². The first-order chi connectivity index (χ1) is 20.0. The molecular weight excluding hydrogens is 553 g/mol. The average Bonchev–Trinajstić information content (AvgIpc) is 3.33. The summed E-state index contributed by atoms with van der Waals surface area (Å²) in [5, 5.41) is 0. The van der Waals surface area contributed by atoms with E-state index in [2.05, 4.69) is 134 Å². The van der Waals surface area contributed by atoms with E-state index in [-0.39, 0.29) is 16.2 Å². The number of ether oxygens (including phenoxy) is 2. The zero-order valence-corrected chi connectivity index (χ0v) is 32.3. The van der Waals surface area contributed by atoms with Gasteiger partial charge in [0.25, 0.3) is 0 Å². The summed E-state index contributed by atoms with van der Waals surface area (Å²) in [6.07, 6.45) is 2.50. The third kappa shape index (κ3) is 5.46. The van der Waals surface area contributed by atoms with Crippen LogP contribution in [0, 0.1) is 0 Å².